The molecule has 0 unspecified atom stereocenters. The van der Waals surface area contributed by atoms with Crippen LogP contribution >= 0.6 is 31.9 Å². The fourth-order valence-electron chi connectivity index (χ4n) is 1.73. The minimum atomic E-state index is 0.804. The van der Waals surface area contributed by atoms with Crippen molar-refractivity contribution in [2.75, 3.05) is 5.32 Å². The van der Waals surface area contributed by atoms with Gasteiger partial charge in [0.05, 0.1) is 11.4 Å². The molecular formula is C14H14Br2N2. The van der Waals surface area contributed by atoms with Crippen molar-refractivity contribution in [3.8, 4) is 0 Å². The molecule has 0 amide bonds. The molecule has 2 aromatic rings. The molecule has 18 heavy (non-hydrogen) atoms. The van der Waals surface area contributed by atoms with Gasteiger partial charge in [0.1, 0.15) is 4.60 Å². The van der Waals surface area contributed by atoms with Crippen molar-refractivity contribution >= 4 is 37.5 Å². The van der Waals surface area contributed by atoms with E-state index in [9.17, 15) is 0 Å². The van der Waals surface area contributed by atoms with E-state index in [0.29, 0.717) is 0 Å². The third kappa shape index (κ3) is 3.33. The van der Waals surface area contributed by atoms with Gasteiger partial charge in [-0.1, -0.05) is 28.1 Å². The number of aromatic nitrogens is 1. The molecule has 0 spiro atoms. The average molecular weight is 370 g/mol. The third-order valence-corrected chi connectivity index (χ3v) is 4.09. The Morgan fingerprint density at radius 2 is 1.89 bits per heavy atom. The Labute approximate surface area is 124 Å². The van der Waals surface area contributed by atoms with Crippen LogP contribution in [0.3, 0.4) is 0 Å². The molecular weight excluding hydrogens is 356 g/mol. The Kier molecular flexibility index (Phi) is 4.40. The van der Waals surface area contributed by atoms with Gasteiger partial charge in [-0.3, -0.25) is 0 Å². The van der Waals surface area contributed by atoms with Crippen LogP contribution in [-0.4, -0.2) is 4.98 Å². The number of aryl methyl sites for hydroxylation is 2. The lowest BCUT2D eigenvalue weighted by Gasteiger charge is -2.10. The van der Waals surface area contributed by atoms with E-state index >= 15 is 0 Å². The molecule has 0 radical (unpaired) electrons. The number of hydrogen-bond acceptors (Lipinski definition) is 2. The molecule has 94 valence electrons. The van der Waals surface area contributed by atoms with E-state index in [2.05, 4.69) is 67.3 Å². The molecule has 0 aliphatic carbocycles. The van der Waals surface area contributed by atoms with Crippen LogP contribution in [0, 0.1) is 13.8 Å². The van der Waals surface area contributed by atoms with Crippen molar-refractivity contribution in [2.24, 2.45) is 0 Å². The van der Waals surface area contributed by atoms with E-state index in [1.165, 1.54) is 11.1 Å². The van der Waals surface area contributed by atoms with Crippen LogP contribution in [-0.2, 0) is 6.54 Å². The Morgan fingerprint density at radius 3 is 2.56 bits per heavy atom. The summed E-state index contributed by atoms with van der Waals surface area (Å²) in [6.45, 7) is 4.90. The number of benzene rings is 1. The van der Waals surface area contributed by atoms with Crippen LogP contribution in [0.2, 0.25) is 0 Å². The van der Waals surface area contributed by atoms with E-state index in [4.69, 9.17) is 0 Å². The van der Waals surface area contributed by atoms with Gasteiger partial charge < -0.3 is 5.32 Å². The predicted molar refractivity (Wildman–Crippen MR) is 82.9 cm³/mol. The molecule has 0 fully saturated rings. The Balaban J connectivity index is 2.09. The maximum Gasteiger partial charge on any atom is 0.106 e. The quantitative estimate of drug-likeness (QED) is 0.783. The second-order valence-corrected chi connectivity index (χ2v) is 5.87. The zero-order valence-electron chi connectivity index (χ0n) is 10.3. The highest BCUT2D eigenvalue weighted by molar-refractivity contribution is 9.10. The van der Waals surface area contributed by atoms with Crippen LogP contribution < -0.4 is 5.32 Å². The predicted octanol–water partition coefficient (Wildman–Crippen LogP) is 4.84. The van der Waals surface area contributed by atoms with Crippen LogP contribution in [0.4, 0.5) is 5.69 Å². The molecule has 2 nitrogen and oxygen atoms in total. The standard InChI is InChI=1S/C14H14Br2N2/c1-9-7-11(3-4-12(9)15)8-17-13-5-6-14(16)18-10(13)2/h3-7,17H,8H2,1-2H3. The molecule has 0 saturated heterocycles. The summed E-state index contributed by atoms with van der Waals surface area (Å²) >= 11 is 6.88. The SMILES string of the molecule is Cc1cc(CNc2ccc(Br)nc2C)ccc1Br. The van der Waals surface area contributed by atoms with Crippen molar-refractivity contribution in [3.63, 3.8) is 0 Å². The van der Waals surface area contributed by atoms with Gasteiger partial charge in [-0.25, -0.2) is 4.98 Å². The highest BCUT2D eigenvalue weighted by Crippen LogP contribution is 2.20. The van der Waals surface area contributed by atoms with Crippen LogP contribution in [0.1, 0.15) is 16.8 Å². The fourth-order valence-corrected chi connectivity index (χ4v) is 2.38. The lowest BCUT2D eigenvalue weighted by molar-refractivity contribution is 1.09. The highest BCUT2D eigenvalue weighted by atomic mass is 79.9. The van der Waals surface area contributed by atoms with E-state index in [1.807, 2.05) is 19.1 Å². The molecule has 2 rings (SSSR count). The van der Waals surface area contributed by atoms with Gasteiger partial charge in [0, 0.05) is 11.0 Å². The second-order valence-electron chi connectivity index (χ2n) is 4.20. The minimum Gasteiger partial charge on any atom is -0.380 e. The van der Waals surface area contributed by atoms with Crippen molar-refractivity contribution in [2.45, 2.75) is 20.4 Å². The molecule has 0 saturated carbocycles. The molecule has 0 aliphatic heterocycles. The smallest absolute Gasteiger partial charge is 0.106 e. The lowest BCUT2D eigenvalue weighted by Crippen LogP contribution is -2.02. The fraction of sp³-hybridized carbons (Fsp3) is 0.214. The zero-order chi connectivity index (χ0) is 13.1. The van der Waals surface area contributed by atoms with E-state index in [1.54, 1.807) is 0 Å². The molecule has 0 bridgehead atoms. The van der Waals surface area contributed by atoms with Gasteiger partial charge in [-0.15, -0.1) is 0 Å². The van der Waals surface area contributed by atoms with Gasteiger partial charge in [-0.05, 0) is 59.1 Å². The summed E-state index contributed by atoms with van der Waals surface area (Å²) in [4.78, 5) is 4.36. The normalized spacial score (nSPS) is 10.4. The maximum absolute atomic E-state index is 4.36. The number of halogens is 2. The van der Waals surface area contributed by atoms with E-state index in [-0.39, 0.29) is 0 Å². The minimum absolute atomic E-state index is 0.804. The summed E-state index contributed by atoms with van der Waals surface area (Å²) < 4.78 is 2.01. The first kappa shape index (κ1) is 13.6. The summed E-state index contributed by atoms with van der Waals surface area (Å²) in [5, 5.41) is 3.40. The largest absolute Gasteiger partial charge is 0.380 e. The topological polar surface area (TPSA) is 24.9 Å². The first-order valence-electron chi connectivity index (χ1n) is 5.68. The number of rotatable bonds is 3. The summed E-state index contributed by atoms with van der Waals surface area (Å²) in [7, 11) is 0. The Morgan fingerprint density at radius 1 is 1.11 bits per heavy atom. The molecule has 1 heterocycles. The average Bonchev–Trinajstić information content (AvgIpc) is 2.32. The van der Waals surface area contributed by atoms with Gasteiger partial charge in [0.2, 0.25) is 0 Å². The van der Waals surface area contributed by atoms with Crippen molar-refractivity contribution in [1.29, 1.82) is 0 Å². The number of pyridine rings is 1. The second kappa shape index (κ2) is 5.85. The summed E-state index contributed by atoms with van der Waals surface area (Å²) in [5.74, 6) is 0. The van der Waals surface area contributed by atoms with E-state index in [0.717, 1.165) is 27.0 Å². The van der Waals surface area contributed by atoms with Gasteiger partial charge in [-0.2, -0.15) is 0 Å². The van der Waals surface area contributed by atoms with E-state index < -0.39 is 0 Å². The van der Waals surface area contributed by atoms with Crippen molar-refractivity contribution in [3.05, 3.63) is 56.2 Å². The van der Waals surface area contributed by atoms with Crippen molar-refractivity contribution in [1.82, 2.24) is 4.98 Å². The lowest BCUT2D eigenvalue weighted by atomic mass is 10.1. The molecule has 4 heteroatoms. The maximum atomic E-state index is 4.36. The van der Waals surface area contributed by atoms with Crippen LogP contribution in [0.25, 0.3) is 0 Å². The number of hydrogen-bond donors (Lipinski definition) is 1. The Bertz CT molecular complexity index is 568. The monoisotopic (exact) mass is 368 g/mol. The number of nitrogens with zero attached hydrogens (tertiary/aromatic N) is 1. The first-order chi connectivity index (χ1) is 8.56. The van der Waals surface area contributed by atoms with Crippen molar-refractivity contribution < 1.29 is 0 Å². The number of anilines is 1. The number of nitrogens with one attached hydrogen (secondary N) is 1. The molecule has 0 atom stereocenters. The Hall–Kier alpha value is -0.870. The summed E-state index contributed by atoms with van der Waals surface area (Å²) in [6.07, 6.45) is 0. The summed E-state index contributed by atoms with van der Waals surface area (Å²) in [6, 6.07) is 10.4. The summed E-state index contributed by atoms with van der Waals surface area (Å²) in [5.41, 5.74) is 4.58. The zero-order valence-corrected chi connectivity index (χ0v) is 13.5. The molecule has 0 aliphatic rings. The molecule has 1 aromatic heterocycles. The van der Waals surface area contributed by atoms with Crippen LogP contribution in [0.15, 0.2) is 39.4 Å². The first-order valence-corrected chi connectivity index (χ1v) is 7.27. The van der Waals surface area contributed by atoms with Crippen LogP contribution in [0.5, 0.6) is 0 Å². The van der Waals surface area contributed by atoms with Gasteiger partial charge in [0.15, 0.2) is 0 Å². The highest BCUT2D eigenvalue weighted by Gasteiger charge is 2.01. The third-order valence-electron chi connectivity index (χ3n) is 2.76. The molecule has 1 N–H and O–H groups in total. The van der Waals surface area contributed by atoms with Gasteiger partial charge in [0.25, 0.3) is 0 Å². The molecule has 1 aromatic carbocycles. The van der Waals surface area contributed by atoms with Gasteiger partial charge >= 0.3 is 0 Å².